The summed E-state index contributed by atoms with van der Waals surface area (Å²) in [7, 11) is 3.44. The molecule has 2 amide bonds. The zero-order valence-corrected chi connectivity index (χ0v) is 15.3. The lowest BCUT2D eigenvalue weighted by Crippen LogP contribution is -2.52. The quantitative estimate of drug-likeness (QED) is 0.805. The Balaban J connectivity index is 1.48. The van der Waals surface area contributed by atoms with Crippen molar-refractivity contribution in [2.24, 2.45) is 20.0 Å². The molecule has 1 aliphatic heterocycles. The summed E-state index contributed by atoms with van der Waals surface area (Å²) in [5.41, 5.74) is 2.04. The van der Waals surface area contributed by atoms with Crippen LogP contribution in [-0.2, 0) is 18.9 Å². The Labute approximate surface area is 151 Å². The Bertz CT molecular complexity index is 930. The van der Waals surface area contributed by atoms with Gasteiger partial charge in [0.2, 0.25) is 5.91 Å². The van der Waals surface area contributed by atoms with E-state index in [9.17, 15) is 14.4 Å². The van der Waals surface area contributed by atoms with E-state index in [1.54, 1.807) is 40.3 Å². The third-order valence-corrected chi connectivity index (χ3v) is 5.85. The summed E-state index contributed by atoms with van der Waals surface area (Å²) in [4.78, 5) is 40.9. The molecule has 2 fully saturated rings. The van der Waals surface area contributed by atoms with Crippen molar-refractivity contribution < 1.29 is 9.59 Å². The van der Waals surface area contributed by atoms with Crippen molar-refractivity contribution in [3.63, 3.8) is 0 Å². The average molecular weight is 356 g/mol. The molecular weight excluding hydrogens is 332 g/mol. The number of aryl methyl sites for hydroxylation is 2. The van der Waals surface area contributed by atoms with Crippen molar-refractivity contribution in [2.75, 3.05) is 26.2 Å². The zero-order valence-electron chi connectivity index (χ0n) is 15.3. The number of piperazine rings is 1. The van der Waals surface area contributed by atoms with Crippen molar-refractivity contribution in [3.05, 3.63) is 34.2 Å². The lowest BCUT2D eigenvalue weighted by Gasteiger charge is -2.38. The minimum Gasteiger partial charge on any atom is -0.339 e. The lowest BCUT2D eigenvalue weighted by molar-refractivity contribution is -0.139. The van der Waals surface area contributed by atoms with Gasteiger partial charge < -0.3 is 9.80 Å². The fraction of sp³-hybridized carbons (Fsp3) is 0.526. The first-order valence-corrected chi connectivity index (χ1v) is 9.21. The first-order chi connectivity index (χ1) is 12.5. The summed E-state index contributed by atoms with van der Waals surface area (Å²) in [6.45, 7) is 2.33. The van der Waals surface area contributed by atoms with Crippen molar-refractivity contribution in [1.82, 2.24) is 18.9 Å². The Kier molecular flexibility index (Phi) is 4.09. The predicted molar refractivity (Wildman–Crippen MR) is 98.0 cm³/mol. The number of carbonyl (C=O) groups is 2. The van der Waals surface area contributed by atoms with E-state index in [-0.39, 0.29) is 23.4 Å². The molecule has 0 atom stereocenters. The van der Waals surface area contributed by atoms with Crippen LogP contribution in [0.3, 0.4) is 0 Å². The summed E-state index contributed by atoms with van der Waals surface area (Å²) in [6.07, 6.45) is 3.17. The number of aromatic nitrogens is 2. The molecule has 2 heterocycles. The molecule has 1 saturated heterocycles. The Morgan fingerprint density at radius 1 is 0.923 bits per heavy atom. The molecule has 1 aliphatic carbocycles. The molecule has 0 N–H and O–H groups in total. The van der Waals surface area contributed by atoms with Gasteiger partial charge in [0.25, 0.3) is 5.91 Å². The molecule has 7 heteroatoms. The van der Waals surface area contributed by atoms with Gasteiger partial charge in [-0.15, -0.1) is 0 Å². The molecular formula is C19H24N4O3. The summed E-state index contributed by atoms with van der Waals surface area (Å²) in [5.74, 6) is 0.419. The fourth-order valence-electron chi connectivity index (χ4n) is 3.87. The van der Waals surface area contributed by atoms with Crippen LogP contribution in [0.4, 0.5) is 0 Å². The van der Waals surface area contributed by atoms with Gasteiger partial charge in [0, 0.05) is 51.8 Å². The highest BCUT2D eigenvalue weighted by Gasteiger charge is 2.32. The molecule has 138 valence electrons. The van der Waals surface area contributed by atoms with Gasteiger partial charge in [-0.25, -0.2) is 4.79 Å². The number of amides is 2. The van der Waals surface area contributed by atoms with Crippen LogP contribution in [0, 0.1) is 5.92 Å². The molecule has 0 radical (unpaired) electrons. The van der Waals surface area contributed by atoms with Crippen molar-refractivity contribution >= 4 is 22.8 Å². The standard InChI is InChI=1S/C19H24N4O3/c1-20-15-7-6-14(12-16(15)21(2)19(20)26)18(25)23-10-8-22(9-11-23)17(24)13-4-3-5-13/h6-7,12-13H,3-5,8-11H2,1-2H3. The number of nitrogens with zero attached hydrogens (tertiary/aromatic N) is 4. The van der Waals surface area contributed by atoms with Gasteiger partial charge in [0.05, 0.1) is 11.0 Å². The number of fused-ring (bicyclic) bond motifs is 1. The van der Waals surface area contributed by atoms with E-state index in [2.05, 4.69) is 0 Å². The van der Waals surface area contributed by atoms with Crippen LogP contribution in [0.5, 0.6) is 0 Å². The molecule has 1 aromatic carbocycles. The van der Waals surface area contributed by atoms with Gasteiger partial charge in [-0.2, -0.15) is 0 Å². The van der Waals surface area contributed by atoms with Crippen LogP contribution < -0.4 is 5.69 Å². The maximum Gasteiger partial charge on any atom is 0.328 e. The second-order valence-corrected chi connectivity index (χ2v) is 7.35. The maximum atomic E-state index is 12.9. The van der Waals surface area contributed by atoms with Crippen LogP contribution in [-0.4, -0.2) is 56.9 Å². The zero-order chi connectivity index (χ0) is 18.4. The smallest absolute Gasteiger partial charge is 0.328 e. The monoisotopic (exact) mass is 356 g/mol. The summed E-state index contributed by atoms with van der Waals surface area (Å²) in [5, 5.41) is 0. The minimum atomic E-state index is -0.104. The van der Waals surface area contributed by atoms with E-state index >= 15 is 0 Å². The summed E-state index contributed by atoms with van der Waals surface area (Å²) in [6, 6.07) is 5.38. The van der Waals surface area contributed by atoms with E-state index < -0.39 is 0 Å². The molecule has 1 saturated carbocycles. The van der Waals surface area contributed by atoms with E-state index in [0.29, 0.717) is 31.7 Å². The predicted octanol–water partition coefficient (Wildman–Crippen LogP) is 0.962. The third-order valence-electron chi connectivity index (χ3n) is 5.85. The largest absolute Gasteiger partial charge is 0.339 e. The number of carbonyl (C=O) groups excluding carboxylic acids is 2. The van der Waals surface area contributed by atoms with Crippen LogP contribution >= 0.6 is 0 Å². The Morgan fingerprint density at radius 3 is 2.15 bits per heavy atom. The molecule has 0 unspecified atom stereocenters. The Hall–Kier alpha value is -2.57. The average Bonchev–Trinajstić information content (AvgIpc) is 2.84. The highest BCUT2D eigenvalue weighted by Crippen LogP contribution is 2.28. The first kappa shape index (κ1) is 16.9. The molecule has 26 heavy (non-hydrogen) atoms. The summed E-state index contributed by atoms with van der Waals surface area (Å²) < 4.78 is 3.13. The van der Waals surface area contributed by atoms with Gasteiger partial charge in [0.15, 0.2) is 0 Å². The number of hydrogen-bond donors (Lipinski definition) is 0. The molecule has 0 bridgehead atoms. The molecule has 4 rings (SSSR count). The topological polar surface area (TPSA) is 67.6 Å². The van der Waals surface area contributed by atoms with Crippen molar-refractivity contribution in [2.45, 2.75) is 19.3 Å². The van der Waals surface area contributed by atoms with Gasteiger partial charge in [-0.1, -0.05) is 6.42 Å². The van der Waals surface area contributed by atoms with Crippen LogP contribution in [0.15, 0.2) is 23.0 Å². The molecule has 7 nitrogen and oxygen atoms in total. The Morgan fingerprint density at radius 2 is 1.54 bits per heavy atom. The van der Waals surface area contributed by atoms with Gasteiger partial charge in [-0.05, 0) is 31.0 Å². The third kappa shape index (κ3) is 2.62. The number of hydrogen-bond acceptors (Lipinski definition) is 3. The molecule has 2 aliphatic rings. The van der Waals surface area contributed by atoms with E-state index in [1.165, 1.54) is 0 Å². The highest BCUT2D eigenvalue weighted by molar-refractivity contribution is 5.97. The van der Waals surface area contributed by atoms with E-state index in [1.807, 2.05) is 11.0 Å². The first-order valence-electron chi connectivity index (χ1n) is 9.21. The molecule has 0 spiro atoms. The number of rotatable bonds is 2. The number of imidazole rings is 1. The SMILES string of the molecule is Cn1c(=O)n(C)c2cc(C(=O)N3CCN(C(=O)C4CCC4)CC3)ccc21. The highest BCUT2D eigenvalue weighted by atomic mass is 16.2. The van der Waals surface area contributed by atoms with Crippen LogP contribution in [0.1, 0.15) is 29.6 Å². The van der Waals surface area contributed by atoms with Gasteiger partial charge in [0.1, 0.15) is 0 Å². The molecule has 1 aromatic heterocycles. The van der Waals surface area contributed by atoms with E-state index in [0.717, 1.165) is 30.3 Å². The van der Waals surface area contributed by atoms with E-state index in [4.69, 9.17) is 0 Å². The van der Waals surface area contributed by atoms with Crippen molar-refractivity contribution in [3.8, 4) is 0 Å². The van der Waals surface area contributed by atoms with Crippen LogP contribution in [0.2, 0.25) is 0 Å². The van der Waals surface area contributed by atoms with Crippen LogP contribution in [0.25, 0.3) is 11.0 Å². The second kappa shape index (κ2) is 6.30. The number of benzene rings is 1. The van der Waals surface area contributed by atoms with Gasteiger partial charge in [-0.3, -0.25) is 18.7 Å². The fourth-order valence-corrected chi connectivity index (χ4v) is 3.87. The minimum absolute atomic E-state index is 0.0426. The normalized spacial score (nSPS) is 18.2. The second-order valence-electron chi connectivity index (χ2n) is 7.35. The molecule has 2 aromatic rings. The lowest BCUT2D eigenvalue weighted by atomic mass is 9.84. The van der Waals surface area contributed by atoms with Crippen molar-refractivity contribution in [1.29, 1.82) is 0 Å². The van der Waals surface area contributed by atoms with Gasteiger partial charge >= 0.3 is 5.69 Å². The maximum absolute atomic E-state index is 12.9. The summed E-state index contributed by atoms with van der Waals surface area (Å²) >= 11 is 0.